The van der Waals surface area contributed by atoms with Gasteiger partial charge in [-0.05, 0) is 0 Å². The first-order chi connectivity index (χ1) is 16.6. The summed E-state index contributed by atoms with van der Waals surface area (Å²) >= 11 is 0. The lowest BCUT2D eigenvalue weighted by molar-refractivity contribution is -0.378. The first kappa shape index (κ1) is 28.9. The van der Waals surface area contributed by atoms with Crippen molar-refractivity contribution in [3.05, 3.63) is 0 Å². The predicted molar refractivity (Wildman–Crippen MR) is 106 cm³/mol. The van der Waals surface area contributed by atoms with Gasteiger partial charge >= 0.3 is 0 Å². The summed E-state index contributed by atoms with van der Waals surface area (Å²) in [5, 5.41) is 100. The molecule has 3 fully saturated rings. The third kappa shape index (κ3) is 5.78. The summed E-state index contributed by atoms with van der Waals surface area (Å²) in [4.78, 5) is 0. The number of aliphatic hydroxyl groups excluding tert-OH is 10. The average Bonchev–Trinajstić information content (AvgIpc) is 2.85. The molecule has 15 atom stereocenters. The molecule has 6 unspecified atom stereocenters. The quantitative estimate of drug-likeness (QED) is 0.143. The van der Waals surface area contributed by atoms with E-state index in [-0.39, 0.29) is 0 Å². The van der Waals surface area contributed by atoms with E-state index in [2.05, 4.69) is 0 Å². The van der Waals surface area contributed by atoms with Crippen LogP contribution in [0.2, 0.25) is 0 Å². The molecule has 3 saturated heterocycles. The second kappa shape index (κ2) is 12.3. The number of hydrogen-bond donors (Lipinski definition) is 10. The molecule has 0 spiro atoms. The molecule has 206 valence electrons. The van der Waals surface area contributed by atoms with Crippen molar-refractivity contribution in [2.24, 2.45) is 0 Å². The van der Waals surface area contributed by atoms with Gasteiger partial charge in [-0.15, -0.1) is 0 Å². The first-order valence-electron chi connectivity index (χ1n) is 11.0. The normalized spacial score (nSPS) is 51.3. The largest absolute Gasteiger partial charge is 0.394 e. The van der Waals surface area contributed by atoms with Crippen LogP contribution in [0, 0.1) is 0 Å². The van der Waals surface area contributed by atoms with E-state index in [0.29, 0.717) is 0 Å². The molecule has 35 heavy (non-hydrogen) atoms. The summed E-state index contributed by atoms with van der Waals surface area (Å²) in [5.74, 6) is 0. The smallest absolute Gasteiger partial charge is 0.187 e. The minimum Gasteiger partial charge on any atom is -0.394 e. The summed E-state index contributed by atoms with van der Waals surface area (Å²) in [7, 11) is 1.24. The van der Waals surface area contributed by atoms with Crippen molar-refractivity contribution in [2.45, 2.75) is 92.1 Å². The molecule has 3 aliphatic rings. The number of aliphatic hydroxyl groups is 10. The Kier molecular flexibility index (Phi) is 10.1. The molecule has 0 radical (unpaired) electrons. The Bertz CT molecular complexity index is 650. The lowest BCUT2D eigenvalue weighted by Crippen LogP contribution is -2.66. The molecule has 0 aromatic carbocycles. The fraction of sp³-hybridized carbons (Fsp3) is 1.00. The van der Waals surface area contributed by atoms with Crippen LogP contribution in [0.4, 0.5) is 0 Å². The second-order valence-electron chi connectivity index (χ2n) is 8.54. The van der Waals surface area contributed by atoms with Gasteiger partial charge in [0, 0.05) is 7.11 Å². The Hall–Kier alpha value is -0.640. The summed E-state index contributed by atoms with van der Waals surface area (Å²) in [6.07, 6.45) is -23.7. The van der Waals surface area contributed by atoms with E-state index in [0.717, 1.165) is 0 Å². The molecule has 0 aromatic rings. The molecule has 3 heterocycles. The fourth-order valence-electron chi connectivity index (χ4n) is 4.33. The topological polar surface area (TPSA) is 258 Å². The Morgan fingerprint density at radius 3 is 1.31 bits per heavy atom. The van der Waals surface area contributed by atoms with Crippen LogP contribution in [0.15, 0.2) is 0 Å². The number of methoxy groups -OCH3 is 1. The number of rotatable bonds is 8. The van der Waals surface area contributed by atoms with E-state index in [4.69, 9.17) is 28.4 Å². The molecule has 3 aliphatic heterocycles. The Morgan fingerprint density at radius 2 is 0.886 bits per heavy atom. The summed E-state index contributed by atoms with van der Waals surface area (Å²) in [5.41, 5.74) is 0. The minimum atomic E-state index is -1.88. The van der Waals surface area contributed by atoms with Gasteiger partial charge in [0.25, 0.3) is 0 Å². The zero-order valence-corrected chi connectivity index (χ0v) is 18.7. The molecular formula is C19H34O16. The van der Waals surface area contributed by atoms with Crippen molar-refractivity contribution in [1.82, 2.24) is 0 Å². The van der Waals surface area contributed by atoms with Crippen LogP contribution in [-0.2, 0) is 28.4 Å². The van der Waals surface area contributed by atoms with Gasteiger partial charge in [-0.3, -0.25) is 0 Å². The van der Waals surface area contributed by atoms with E-state index in [1.165, 1.54) is 7.11 Å². The molecule has 16 heteroatoms. The zero-order chi connectivity index (χ0) is 26.0. The molecule has 0 aliphatic carbocycles. The third-order valence-corrected chi connectivity index (χ3v) is 6.34. The number of ether oxygens (including phenoxy) is 6. The molecule has 0 amide bonds. The summed E-state index contributed by atoms with van der Waals surface area (Å²) in [6.45, 7) is -2.15. The van der Waals surface area contributed by atoms with Crippen molar-refractivity contribution >= 4 is 0 Å². The highest BCUT2D eigenvalue weighted by molar-refractivity contribution is 4.96. The third-order valence-electron chi connectivity index (χ3n) is 6.34. The van der Waals surface area contributed by atoms with Gasteiger partial charge in [0.2, 0.25) is 0 Å². The van der Waals surface area contributed by atoms with Crippen molar-refractivity contribution in [2.75, 3.05) is 26.9 Å². The van der Waals surface area contributed by atoms with Crippen LogP contribution in [-0.4, -0.2) is 170 Å². The van der Waals surface area contributed by atoms with Crippen molar-refractivity contribution in [3.8, 4) is 0 Å². The standard InChI is InChI=1S/C19H34O16/c1-30-14-5(2-20)32-18(12(27)9(14)24)35-16-7(4-22)33-19(13(28)10(16)25)34-15-6(3-21)31-17(29)11(26)8(15)23/h5-29H,2-4H2,1H3/t5?,6?,7?,8-,9-,10-,11?,12?,13?,14+,15-,16-,17-,18-,19-/m0/s1. The van der Waals surface area contributed by atoms with Crippen molar-refractivity contribution in [1.29, 1.82) is 0 Å². The van der Waals surface area contributed by atoms with Gasteiger partial charge in [-0.25, -0.2) is 0 Å². The van der Waals surface area contributed by atoms with Crippen LogP contribution in [0.1, 0.15) is 0 Å². The Morgan fingerprint density at radius 1 is 0.514 bits per heavy atom. The van der Waals surface area contributed by atoms with E-state index >= 15 is 0 Å². The maximum Gasteiger partial charge on any atom is 0.187 e. The average molecular weight is 518 g/mol. The van der Waals surface area contributed by atoms with E-state index in [9.17, 15) is 51.1 Å². The Balaban J connectivity index is 1.72. The first-order valence-corrected chi connectivity index (χ1v) is 11.0. The lowest BCUT2D eigenvalue weighted by Gasteiger charge is -2.48. The van der Waals surface area contributed by atoms with Crippen LogP contribution in [0.5, 0.6) is 0 Å². The van der Waals surface area contributed by atoms with E-state index in [1.54, 1.807) is 0 Å². The molecule has 0 bridgehead atoms. The fourth-order valence-corrected chi connectivity index (χ4v) is 4.33. The van der Waals surface area contributed by atoms with Crippen molar-refractivity contribution < 1.29 is 79.5 Å². The summed E-state index contributed by atoms with van der Waals surface area (Å²) < 4.78 is 31.8. The SMILES string of the molecule is CO[C@@H]1C(CO)O[C@@H](O[C@H]2C(CO)O[C@@H](O[C@H]3C(CO)O[C@H](O)C(O)[C@@H]3O)C(O)[C@@H]2O)C(O)[C@@H]1O. The molecular weight excluding hydrogens is 484 g/mol. The molecule has 0 aromatic heterocycles. The van der Waals surface area contributed by atoms with Gasteiger partial charge in [-0.2, -0.15) is 0 Å². The highest BCUT2D eigenvalue weighted by Gasteiger charge is 2.53. The predicted octanol–water partition coefficient (Wildman–Crippen LogP) is -6.92. The number of hydrogen-bond acceptors (Lipinski definition) is 16. The highest BCUT2D eigenvalue weighted by atomic mass is 16.8. The van der Waals surface area contributed by atoms with Gasteiger partial charge < -0.3 is 79.5 Å². The summed E-state index contributed by atoms with van der Waals surface area (Å²) in [6, 6.07) is 0. The van der Waals surface area contributed by atoms with Crippen LogP contribution < -0.4 is 0 Å². The van der Waals surface area contributed by atoms with Crippen LogP contribution in [0.25, 0.3) is 0 Å². The van der Waals surface area contributed by atoms with Gasteiger partial charge in [0.05, 0.1) is 19.8 Å². The minimum absolute atomic E-state index is 0.605. The Labute approximate surface area is 199 Å². The van der Waals surface area contributed by atoms with Crippen LogP contribution in [0.3, 0.4) is 0 Å². The molecule has 10 N–H and O–H groups in total. The molecule has 0 saturated carbocycles. The van der Waals surface area contributed by atoms with Gasteiger partial charge in [0.1, 0.15) is 73.2 Å². The van der Waals surface area contributed by atoms with E-state index in [1.807, 2.05) is 0 Å². The highest BCUT2D eigenvalue weighted by Crippen LogP contribution is 2.32. The molecule has 16 nitrogen and oxygen atoms in total. The molecule has 3 rings (SSSR count). The van der Waals surface area contributed by atoms with Gasteiger partial charge in [-0.1, -0.05) is 0 Å². The maximum absolute atomic E-state index is 10.7. The van der Waals surface area contributed by atoms with Crippen LogP contribution >= 0.6 is 0 Å². The lowest BCUT2D eigenvalue weighted by atomic mass is 9.96. The second-order valence-corrected chi connectivity index (χ2v) is 8.54. The van der Waals surface area contributed by atoms with E-state index < -0.39 is 112 Å². The van der Waals surface area contributed by atoms with Crippen molar-refractivity contribution in [3.63, 3.8) is 0 Å². The monoisotopic (exact) mass is 518 g/mol. The maximum atomic E-state index is 10.7. The zero-order valence-electron chi connectivity index (χ0n) is 18.7. The van der Waals surface area contributed by atoms with Gasteiger partial charge in [0.15, 0.2) is 18.9 Å².